The highest BCUT2D eigenvalue weighted by atomic mass is 16.6. The number of allylic oxidation sites excluding steroid dienone is 1. The Labute approximate surface area is 184 Å². The number of ketones is 1. The Hall–Kier alpha value is -4.26. The van der Waals surface area contributed by atoms with E-state index >= 15 is 0 Å². The fourth-order valence-electron chi connectivity index (χ4n) is 3.27. The predicted octanol–water partition coefficient (Wildman–Crippen LogP) is 5.55. The van der Waals surface area contributed by atoms with Crippen LogP contribution in [-0.2, 0) is 0 Å². The number of benzene rings is 3. The fourth-order valence-corrected chi connectivity index (χ4v) is 3.27. The number of fused-ring (bicyclic) bond motifs is 1. The van der Waals surface area contributed by atoms with E-state index in [0.29, 0.717) is 11.5 Å². The van der Waals surface area contributed by atoms with E-state index in [9.17, 15) is 19.7 Å². The topological polar surface area (TPSA) is 95.7 Å². The molecule has 3 aromatic rings. The van der Waals surface area contributed by atoms with Gasteiger partial charge in [0.25, 0.3) is 5.69 Å². The summed E-state index contributed by atoms with van der Waals surface area (Å²) >= 11 is 0. The second-order valence-corrected chi connectivity index (χ2v) is 7.62. The molecule has 7 heteroatoms. The lowest BCUT2D eigenvalue weighted by atomic mass is 10.0. The van der Waals surface area contributed by atoms with Crippen LogP contribution in [0.4, 0.5) is 5.69 Å². The molecule has 4 rings (SSSR count). The molecule has 0 saturated heterocycles. The van der Waals surface area contributed by atoms with Crippen LogP contribution in [0.2, 0.25) is 0 Å². The molecule has 32 heavy (non-hydrogen) atoms. The number of nitro groups is 1. The van der Waals surface area contributed by atoms with E-state index in [1.165, 1.54) is 42.0 Å². The van der Waals surface area contributed by atoms with E-state index in [1.54, 1.807) is 6.08 Å². The van der Waals surface area contributed by atoms with Crippen molar-refractivity contribution in [2.45, 2.75) is 19.8 Å². The molecule has 1 heterocycles. The molecular weight excluding hydrogens is 410 g/mol. The molecule has 160 valence electrons. The van der Waals surface area contributed by atoms with Crippen molar-refractivity contribution in [2.75, 3.05) is 0 Å². The zero-order chi connectivity index (χ0) is 22.8. The first-order valence-electron chi connectivity index (χ1n) is 9.96. The largest absolute Gasteiger partial charge is 0.452 e. The Balaban J connectivity index is 1.52. The van der Waals surface area contributed by atoms with Crippen LogP contribution < -0.4 is 9.47 Å². The molecule has 1 aliphatic heterocycles. The molecule has 0 unspecified atom stereocenters. The summed E-state index contributed by atoms with van der Waals surface area (Å²) in [7, 11) is 0. The summed E-state index contributed by atoms with van der Waals surface area (Å²) in [5.74, 6) is 0.0244. The Morgan fingerprint density at radius 2 is 1.81 bits per heavy atom. The minimum atomic E-state index is -0.751. The van der Waals surface area contributed by atoms with Crippen LogP contribution in [0.1, 0.15) is 51.6 Å². The van der Waals surface area contributed by atoms with Gasteiger partial charge in [-0.1, -0.05) is 44.2 Å². The lowest BCUT2D eigenvalue weighted by molar-refractivity contribution is -0.384. The molecule has 0 bridgehead atoms. The number of nitrogens with zero attached hydrogens (tertiary/aromatic N) is 1. The van der Waals surface area contributed by atoms with Crippen molar-refractivity contribution in [2.24, 2.45) is 0 Å². The van der Waals surface area contributed by atoms with Crippen LogP contribution in [0.25, 0.3) is 6.08 Å². The van der Waals surface area contributed by atoms with Gasteiger partial charge in [-0.05, 0) is 41.3 Å². The van der Waals surface area contributed by atoms with Gasteiger partial charge in [0, 0.05) is 18.2 Å². The van der Waals surface area contributed by atoms with Gasteiger partial charge in [0.2, 0.25) is 5.78 Å². The minimum Gasteiger partial charge on any atom is -0.452 e. The van der Waals surface area contributed by atoms with Gasteiger partial charge in [-0.25, -0.2) is 4.79 Å². The zero-order valence-electron chi connectivity index (χ0n) is 17.4. The Kier molecular flexibility index (Phi) is 5.55. The number of ether oxygens (including phenoxy) is 2. The molecule has 7 nitrogen and oxygen atoms in total. The Morgan fingerprint density at radius 3 is 2.50 bits per heavy atom. The van der Waals surface area contributed by atoms with Gasteiger partial charge in [0.05, 0.1) is 16.1 Å². The van der Waals surface area contributed by atoms with E-state index < -0.39 is 10.9 Å². The molecule has 0 amide bonds. The summed E-state index contributed by atoms with van der Waals surface area (Å²) in [5.41, 5.74) is 2.23. The van der Waals surface area contributed by atoms with E-state index in [0.717, 1.165) is 11.6 Å². The van der Waals surface area contributed by atoms with E-state index in [-0.39, 0.29) is 34.3 Å². The first-order valence-corrected chi connectivity index (χ1v) is 9.96. The van der Waals surface area contributed by atoms with Crippen molar-refractivity contribution in [1.29, 1.82) is 0 Å². The number of non-ortho nitro benzene ring substituents is 1. The SMILES string of the molecule is CC(C)c1ccc(/C=C2\Oc3cc(OC(=O)c4cccc([N+](=O)[O-])c4)ccc3C2=O)cc1. The second kappa shape index (κ2) is 8.47. The molecule has 0 aromatic heterocycles. The number of Topliss-reactive ketones (excluding diaryl/α,β-unsaturated/α-hetero) is 1. The predicted molar refractivity (Wildman–Crippen MR) is 118 cm³/mol. The summed E-state index contributed by atoms with van der Waals surface area (Å²) in [4.78, 5) is 35.4. The average molecular weight is 429 g/mol. The highest BCUT2D eigenvalue weighted by Gasteiger charge is 2.28. The maximum Gasteiger partial charge on any atom is 0.343 e. The van der Waals surface area contributed by atoms with Gasteiger partial charge < -0.3 is 9.47 Å². The van der Waals surface area contributed by atoms with Crippen LogP contribution >= 0.6 is 0 Å². The standard InChI is InChI=1S/C25H19NO6/c1-15(2)17-8-6-16(7-9-17)12-23-24(27)21-11-10-20(14-22(21)32-23)31-25(28)18-4-3-5-19(13-18)26(29)30/h3-15H,1-2H3/b23-12-. The van der Waals surface area contributed by atoms with Crippen molar-refractivity contribution in [1.82, 2.24) is 0 Å². The van der Waals surface area contributed by atoms with Gasteiger partial charge >= 0.3 is 5.97 Å². The molecule has 0 radical (unpaired) electrons. The molecule has 0 saturated carbocycles. The fraction of sp³-hybridized carbons (Fsp3) is 0.120. The highest BCUT2D eigenvalue weighted by molar-refractivity contribution is 6.14. The molecule has 0 fully saturated rings. The average Bonchev–Trinajstić information content (AvgIpc) is 3.08. The number of rotatable bonds is 5. The van der Waals surface area contributed by atoms with Crippen molar-refractivity contribution in [3.05, 3.63) is 105 Å². The third kappa shape index (κ3) is 4.27. The maximum atomic E-state index is 12.7. The molecular formula is C25H19NO6. The van der Waals surface area contributed by atoms with Crippen LogP contribution in [0.3, 0.4) is 0 Å². The van der Waals surface area contributed by atoms with Gasteiger partial charge in [0.15, 0.2) is 5.76 Å². The molecule has 3 aromatic carbocycles. The van der Waals surface area contributed by atoms with Crippen molar-refractivity contribution in [3.8, 4) is 11.5 Å². The summed E-state index contributed by atoms with van der Waals surface area (Å²) in [6.45, 7) is 4.22. The van der Waals surface area contributed by atoms with Crippen LogP contribution in [0.15, 0.2) is 72.5 Å². The smallest absolute Gasteiger partial charge is 0.343 e. The number of hydrogen-bond acceptors (Lipinski definition) is 6. The number of carbonyl (C=O) groups is 2. The first kappa shape index (κ1) is 21.0. The van der Waals surface area contributed by atoms with Gasteiger partial charge in [-0.15, -0.1) is 0 Å². The lowest BCUT2D eigenvalue weighted by Crippen LogP contribution is -2.08. The van der Waals surface area contributed by atoms with Crippen molar-refractivity contribution < 1.29 is 24.0 Å². The molecule has 0 spiro atoms. The normalized spacial score (nSPS) is 13.7. The molecule has 1 aliphatic rings. The Bertz CT molecular complexity index is 1260. The minimum absolute atomic E-state index is 0.0436. The van der Waals surface area contributed by atoms with Crippen LogP contribution in [0, 0.1) is 10.1 Å². The first-order chi connectivity index (χ1) is 15.3. The van der Waals surface area contributed by atoms with Crippen molar-refractivity contribution >= 4 is 23.5 Å². The van der Waals surface area contributed by atoms with E-state index in [4.69, 9.17) is 9.47 Å². The third-order valence-corrected chi connectivity index (χ3v) is 5.05. The van der Waals surface area contributed by atoms with Gasteiger partial charge in [0.1, 0.15) is 11.5 Å². The number of carbonyl (C=O) groups excluding carboxylic acids is 2. The van der Waals surface area contributed by atoms with Gasteiger partial charge in [-0.2, -0.15) is 0 Å². The highest BCUT2D eigenvalue weighted by Crippen LogP contribution is 2.35. The quantitative estimate of drug-likeness (QED) is 0.173. The monoisotopic (exact) mass is 429 g/mol. The van der Waals surface area contributed by atoms with Crippen LogP contribution in [0.5, 0.6) is 11.5 Å². The molecule has 0 N–H and O–H groups in total. The second-order valence-electron chi connectivity index (χ2n) is 7.62. The Morgan fingerprint density at radius 1 is 1.06 bits per heavy atom. The number of hydrogen-bond donors (Lipinski definition) is 0. The molecule has 0 atom stereocenters. The van der Waals surface area contributed by atoms with E-state index in [2.05, 4.69) is 13.8 Å². The van der Waals surface area contributed by atoms with E-state index in [1.807, 2.05) is 24.3 Å². The third-order valence-electron chi connectivity index (χ3n) is 5.05. The summed E-state index contributed by atoms with van der Waals surface area (Å²) in [5, 5.41) is 10.9. The summed E-state index contributed by atoms with van der Waals surface area (Å²) in [6.07, 6.45) is 1.67. The summed E-state index contributed by atoms with van der Waals surface area (Å²) in [6, 6.07) is 17.6. The molecule has 0 aliphatic carbocycles. The number of esters is 1. The van der Waals surface area contributed by atoms with Gasteiger partial charge in [-0.3, -0.25) is 14.9 Å². The lowest BCUT2D eigenvalue weighted by Gasteiger charge is -2.06. The maximum absolute atomic E-state index is 12.7. The van der Waals surface area contributed by atoms with Crippen LogP contribution in [-0.4, -0.2) is 16.7 Å². The number of nitro benzene ring substituents is 1. The zero-order valence-corrected chi connectivity index (χ0v) is 17.4. The summed E-state index contributed by atoms with van der Waals surface area (Å²) < 4.78 is 11.0. The van der Waals surface area contributed by atoms with Crippen molar-refractivity contribution in [3.63, 3.8) is 0 Å².